The fraction of sp³-hybridized carbons (Fsp3) is 0.905. The van der Waals surface area contributed by atoms with Gasteiger partial charge in [-0.3, -0.25) is 19.9 Å². The van der Waals surface area contributed by atoms with Gasteiger partial charge in [-0.1, -0.05) is 19.3 Å². The van der Waals surface area contributed by atoms with Crippen molar-refractivity contribution in [2.75, 3.05) is 26.9 Å². The first kappa shape index (κ1) is 21.7. The van der Waals surface area contributed by atoms with Gasteiger partial charge in [0, 0.05) is 37.7 Å². The highest BCUT2D eigenvalue weighted by atomic mass is 16.5. The van der Waals surface area contributed by atoms with Crippen molar-refractivity contribution in [3.63, 3.8) is 0 Å². The highest BCUT2D eigenvalue weighted by Crippen LogP contribution is 2.31. The first-order valence-corrected chi connectivity index (χ1v) is 11.0. The molecule has 3 rings (SSSR count). The molecule has 2 heterocycles. The number of hydrogen-bond donors (Lipinski definition) is 2. The van der Waals surface area contributed by atoms with Crippen molar-refractivity contribution in [3.05, 3.63) is 0 Å². The Kier molecular flexibility index (Phi) is 7.85. The van der Waals surface area contributed by atoms with Crippen LogP contribution in [-0.4, -0.2) is 67.7 Å². The molecular weight excluding hydrogens is 358 g/mol. The Morgan fingerprint density at radius 2 is 1.82 bits per heavy atom. The predicted octanol–water partition coefficient (Wildman–Crippen LogP) is 1.66. The summed E-state index contributed by atoms with van der Waals surface area (Å²) in [5, 5.41) is 0. The number of likely N-dealkylation sites (tertiary alicyclic amines) is 1. The largest absolute Gasteiger partial charge is 0.456 e. The van der Waals surface area contributed by atoms with Gasteiger partial charge in [0.05, 0.1) is 6.61 Å². The molecular formula is C21H37N3O4. The SMILES string of the molecule is COCCN1C(C)CC(C(=O)COC(=O)C2CC(C3CCCCC3)NN2)C1C. The van der Waals surface area contributed by atoms with Crippen LogP contribution < -0.4 is 10.9 Å². The van der Waals surface area contributed by atoms with E-state index >= 15 is 0 Å². The Balaban J connectivity index is 1.42. The molecule has 7 heteroatoms. The third-order valence-electron chi connectivity index (χ3n) is 7.03. The van der Waals surface area contributed by atoms with E-state index in [1.165, 1.54) is 32.1 Å². The van der Waals surface area contributed by atoms with Gasteiger partial charge in [0.1, 0.15) is 12.6 Å². The number of rotatable bonds is 8. The maximum absolute atomic E-state index is 12.7. The lowest BCUT2D eigenvalue weighted by molar-refractivity contribution is -0.151. The molecule has 0 aromatic carbocycles. The average molecular weight is 396 g/mol. The topological polar surface area (TPSA) is 79.9 Å². The van der Waals surface area contributed by atoms with Gasteiger partial charge >= 0.3 is 5.97 Å². The van der Waals surface area contributed by atoms with E-state index in [0.717, 1.165) is 19.4 Å². The number of methoxy groups -OCH3 is 1. The van der Waals surface area contributed by atoms with E-state index in [-0.39, 0.29) is 36.4 Å². The van der Waals surface area contributed by atoms with Gasteiger partial charge in [-0.15, -0.1) is 0 Å². The van der Waals surface area contributed by atoms with E-state index in [4.69, 9.17) is 9.47 Å². The summed E-state index contributed by atoms with van der Waals surface area (Å²) in [6, 6.07) is 0.474. The van der Waals surface area contributed by atoms with Gasteiger partial charge in [0.15, 0.2) is 5.78 Å². The van der Waals surface area contributed by atoms with Crippen LogP contribution >= 0.6 is 0 Å². The van der Waals surface area contributed by atoms with Crippen LogP contribution in [0.4, 0.5) is 0 Å². The molecule has 7 nitrogen and oxygen atoms in total. The second-order valence-electron chi connectivity index (χ2n) is 8.82. The molecule has 28 heavy (non-hydrogen) atoms. The van der Waals surface area contributed by atoms with Crippen molar-refractivity contribution in [1.29, 1.82) is 0 Å². The molecule has 0 radical (unpaired) electrons. The number of hydrazine groups is 1. The molecule has 3 aliphatic rings. The fourth-order valence-corrected chi connectivity index (χ4v) is 5.28. The molecule has 5 unspecified atom stereocenters. The summed E-state index contributed by atoms with van der Waals surface area (Å²) in [6.07, 6.45) is 7.92. The van der Waals surface area contributed by atoms with Crippen molar-refractivity contribution in [3.8, 4) is 0 Å². The average Bonchev–Trinajstić information content (AvgIpc) is 3.30. The third kappa shape index (κ3) is 5.12. The Hall–Kier alpha value is -1.02. The predicted molar refractivity (Wildman–Crippen MR) is 107 cm³/mol. The molecule has 2 N–H and O–H groups in total. The molecule has 0 bridgehead atoms. The monoisotopic (exact) mass is 395 g/mol. The van der Waals surface area contributed by atoms with E-state index in [1.54, 1.807) is 7.11 Å². The van der Waals surface area contributed by atoms with E-state index in [0.29, 0.717) is 24.6 Å². The molecule has 0 amide bonds. The van der Waals surface area contributed by atoms with Gasteiger partial charge in [0.2, 0.25) is 0 Å². The lowest BCUT2D eigenvalue weighted by atomic mass is 9.82. The van der Waals surface area contributed by atoms with Gasteiger partial charge in [-0.05, 0) is 45.4 Å². The number of nitrogens with zero attached hydrogens (tertiary/aromatic N) is 1. The van der Waals surface area contributed by atoms with E-state index in [2.05, 4.69) is 29.6 Å². The van der Waals surface area contributed by atoms with Crippen molar-refractivity contribution in [2.45, 2.75) is 83.0 Å². The number of ketones is 1. The Morgan fingerprint density at radius 3 is 2.54 bits per heavy atom. The molecule has 1 saturated carbocycles. The molecule has 1 aliphatic carbocycles. The van der Waals surface area contributed by atoms with Crippen LogP contribution in [0, 0.1) is 11.8 Å². The van der Waals surface area contributed by atoms with Crippen molar-refractivity contribution < 1.29 is 19.1 Å². The number of hydrogen-bond acceptors (Lipinski definition) is 7. The van der Waals surface area contributed by atoms with Crippen molar-refractivity contribution in [2.24, 2.45) is 11.8 Å². The summed E-state index contributed by atoms with van der Waals surface area (Å²) in [7, 11) is 1.69. The van der Waals surface area contributed by atoms with Gasteiger partial charge < -0.3 is 9.47 Å². The summed E-state index contributed by atoms with van der Waals surface area (Å²) in [6.45, 7) is 5.59. The summed E-state index contributed by atoms with van der Waals surface area (Å²) in [5.41, 5.74) is 6.37. The highest BCUT2D eigenvalue weighted by molar-refractivity contribution is 5.86. The summed E-state index contributed by atoms with van der Waals surface area (Å²) in [4.78, 5) is 27.4. The number of esters is 1. The van der Waals surface area contributed by atoms with Crippen molar-refractivity contribution >= 4 is 11.8 Å². The molecule has 160 valence electrons. The molecule has 0 aromatic heterocycles. The van der Waals surface area contributed by atoms with E-state index in [9.17, 15) is 9.59 Å². The lowest BCUT2D eigenvalue weighted by Crippen LogP contribution is -2.41. The van der Waals surface area contributed by atoms with Gasteiger partial charge in [-0.25, -0.2) is 5.43 Å². The summed E-state index contributed by atoms with van der Waals surface area (Å²) < 4.78 is 10.6. The normalized spacial score (nSPS) is 34.6. The van der Waals surface area contributed by atoms with Crippen LogP contribution in [0.2, 0.25) is 0 Å². The first-order valence-electron chi connectivity index (χ1n) is 11.0. The second kappa shape index (κ2) is 10.1. The quantitative estimate of drug-likeness (QED) is 0.605. The van der Waals surface area contributed by atoms with E-state index in [1.807, 2.05) is 0 Å². The van der Waals surface area contributed by atoms with Gasteiger partial charge in [-0.2, -0.15) is 0 Å². The molecule has 2 aliphatic heterocycles. The maximum atomic E-state index is 12.7. The molecule has 2 saturated heterocycles. The summed E-state index contributed by atoms with van der Waals surface area (Å²) >= 11 is 0. The van der Waals surface area contributed by atoms with Crippen LogP contribution in [0.3, 0.4) is 0 Å². The zero-order valence-corrected chi connectivity index (χ0v) is 17.6. The van der Waals surface area contributed by atoms with Crippen LogP contribution in [0.25, 0.3) is 0 Å². The van der Waals surface area contributed by atoms with E-state index < -0.39 is 0 Å². The van der Waals surface area contributed by atoms with Gasteiger partial charge in [0.25, 0.3) is 0 Å². The minimum Gasteiger partial charge on any atom is -0.456 e. The third-order valence-corrected chi connectivity index (χ3v) is 7.03. The van der Waals surface area contributed by atoms with Crippen LogP contribution in [0.1, 0.15) is 58.8 Å². The maximum Gasteiger partial charge on any atom is 0.324 e. The number of carbonyl (C=O) groups is 2. The fourth-order valence-electron chi connectivity index (χ4n) is 5.28. The van der Waals surface area contributed by atoms with Crippen LogP contribution in [0.15, 0.2) is 0 Å². The smallest absolute Gasteiger partial charge is 0.324 e. The zero-order chi connectivity index (χ0) is 20.1. The van der Waals surface area contributed by atoms with Crippen LogP contribution in [-0.2, 0) is 19.1 Å². The van der Waals surface area contributed by atoms with Crippen molar-refractivity contribution in [1.82, 2.24) is 15.8 Å². The standard InChI is InChI=1S/C21H37N3O4/c1-14-11-17(15(2)24(14)9-10-27-3)20(25)13-28-21(26)19-12-18(22-23-19)16-7-5-4-6-8-16/h14-19,22-23H,4-13H2,1-3H3. The second-order valence-corrected chi connectivity index (χ2v) is 8.82. The first-order chi connectivity index (χ1) is 13.5. The highest BCUT2D eigenvalue weighted by Gasteiger charge is 2.40. The minimum atomic E-state index is -0.349. The molecule has 3 fully saturated rings. The Labute approximate surface area is 168 Å². The number of ether oxygens (including phenoxy) is 2. The number of carbonyl (C=O) groups excluding carboxylic acids is 2. The Bertz CT molecular complexity index is 538. The molecule has 0 spiro atoms. The molecule has 5 atom stereocenters. The minimum absolute atomic E-state index is 0.0300. The lowest BCUT2D eigenvalue weighted by Gasteiger charge is -2.26. The van der Waals surface area contributed by atoms with Crippen LogP contribution in [0.5, 0.6) is 0 Å². The Morgan fingerprint density at radius 1 is 1.07 bits per heavy atom. The zero-order valence-electron chi connectivity index (χ0n) is 17.6. The summed E-state index contributed by atoms with van der Waals surface area (Å²) in [5.74, 6) is 0.278. The number of Topliss-reactive ketones (excluding diaryl/α,β-unsaturated/α-hetero) is 1. The number of nitrogens with one attached hydrogen (secondary N) is 2. The molecule has 0 aromatic rings.